The van der Waals surface area contributed by atoms with Crippen LogP contribution in [0.15, 0.2) is 57.0 Å². The molecule has 0 bridgehead atoms. The molecule has 0 saturated heterocycles. The lowest BCUT2D eigenvalue weighted by Crippen LogP contribution is -2.32. The Kier molecular flexibility index (Phi) is 5.92. The molecule has 0 spiro atoms. The topological polar surface area (TPSA) is 103 Å². The number of thioether (sulfide) groups is 1. The molecule has 3 rings (SSSR count). The van der Waals surface area contributed by atoms with Crippen LogP contribution >= 0.6 is 11.8 Å². The van der Waals surface area contributed by atoms with Gasteiger partial charge in [0, 0.05) is 0 Å². The maximum atomic E-state index is 12.9. The predicted octanol–water partition coefficient (Wildman–Crippen LogP) is 2.40. The van der Waals surface area contributed by atoms with Crippen molar-refractivity contribution in [3.8, 4) is 0 Å². The zero-order valence-corrected chi connectivity index (χ0v) is 15.3. The van der Waals surface area contributed by atoms with Crippen LogP contribution < -0.4 is 10.9 Å². The van der Waals surface area contributed by atoms with Crippen molar-refractivity contribution in [3.63, 3.8) is 0 Å². The van der Waals surface area contributed by atoms with Crippen LogP contribution in [0.3, 0.4) is 0 Å². The number of aromatic nitrogens is 2. The Morgan fingerprint density at radius 2 is 2.07 bits per heavy atom. The third-order valence-corrected chi connectivity index (χ3v) is 4.55. The highest BCUT2D eigenvalue weighted by molar-refractivity contribution is 7.99. The van der Waals surface area contributed by atoms with Crippen molar-refractivity contribution in [2.24, 2.45) is 0 Å². The SMILES string of the molecule is CCOC(=O)NC(=O)CSc1nc2ccccc2c(=O)n1Cc1ccco1. The molecule has 0 aliphatic carbocycles. The molecule has 0 atom stereocenters. The number of fused-ring (bicyclic) bond motifs is 1. The number of carbonyl (C=O) groups excluding carboxylic acids is 2. The fourth-order valence-corrected chi connectivity index (χ4v) is 3.20. The summed E-state index contributed by atoms with van der Waals surface area (Å²) in [6.07, 6.45) is 0.719. The van der Waals surface area contributed by atoms with Crippen LogP contribution in [0, 0.1) is 0 Å². The first-order chi connectivity index (χ1) is 13.1. The molecule has 0 radical (unpaired) electrons. The summed E-state index contributed by atoms with van der Waals surface area (Å²) in [5.74, 6) is -0.0423. The van der Waals surface area contributed by atoms with Gasteiger partial charge in [-0.2, -0.15) is 0 Å². The van der Waals surface area contributed by atoms with Crippen LogP contribution in [0.1, 0.15) is 12.7 Å². The van der Waals surface area contributed by atoms with Gasteiger partial charge in [-0.25, -0.2) is 9.78 Å². The second-order valence-electron chi connectivity index (χ2n) is 5.44. The van der Waals surface area contributed by atoms with Crippen LogP contribution in [0.5, 0.6) is 0 Å². The van der Waals surface area contributed by atoms with Crippen LogP contribution in [0.25, 0.3) is 10.9 Å². The van der Waals surface area contributed by atoms with Crippen LogP contribution in [-0.4, -0.2) is 33.9 Å². The average molecular weight is 387 g/mol. The van der Waals surface area contributed by atoms with Gasteiger partial charge in [-0.05, 0) is 31.2 Å². The molecule has 0 aliphatic heterocycles. The number of nitrogens with zero attached hydrogens (tertiary/aromatic N) is 2. The number of hydrogen-bond donors (Lipinski definition) is 1. The van der Waals surface area contributed by atoms with E-state index in [-0.39, 0.29) is 24.5 Å². The van der Waals surface area contributed by atoms with Gasteiger partial charge in [-0.3, -0.25) is 19.5 Å². The van der Waals surface area contributed by atoms with Gasteiger partial charge in [0.25, 0.3) is 5.56 Å². The molecule has 140 valence electrons. The van der Waals surface area contributed by atoms with Gasteiger partial charge in [0.1, 0.15) is 5.76 Å². The van der Waals surface area contributed by atoms with Gasteiger partial charge < -0.3 is 9.15 Å². The highest BCUT2D eigenvalue weighted by Crippen LogP contribution is 2.19. The summed E-state index contributed by atoms with van der Waals surface area (Å²) < 4.78 is 11.4. The fraction of sp³-hybridized carbons (Fsp3) is 0.222. The Balaban J connectivity index is 1.87. The number of amides is 2. The van der Waals surface area contributed by atoms with E-state index in [0.717, 1.165) is 11.8 Å². The Bertz CT molecular complexity index is 1010. The van der Waals surface area contributed by atoms with E-state index >= 15 is 0 Å². The molecular formula is C18H17N3O5S. The minimum atomic E-state index is -0.803. The molecule has 0 aliphatic rings. The van der Waals surface area contributed by atoms with Crippen molar-refractivity contribution >= 4 is 34.7 Å². The lowest BCUT2D eigenvalue weighted by molar-refractivity contribution is -0.117. The summed E-state index contributed by atoms with van der Waals surface area (Å²) in [4.78, 5) is 40.6. The third-order valence-electron chi connectivity index (χ3n) is 3.57. The smallest absolute Gasteiger partial charge is 0.413 e. The molecule has 1 aromatic carbocycles. The van der Waals surface area contributed by atoms with Crippen molar-refractivity contribution in [2.45, 2.75) is 18.6 Å². The number of alkyl carbamates (subject to hydrolysis) is 1. The lowest BCUT2D eigenvalue weighted by atomic mass is 10.2. The average Bonchev–Trinajstić information content (AvgIpc) is 3.16. The molecule has 2 amide bonds. The summed E-state index contributed by atoms with van der Waals surface area (Å²) >= 11 is 1.06. The first-order valence-electron chi connectivity index (χ1n) is 8.20. The predicted molar refractivity (Wildman–Crippen MR) is 99.7 cm³/mol. The highest BCUT2D eigenvalue weighted by atomic mass is 32.2. The molecule has 0 unspecified atom stereocenters. The molecule has 3 aromatic rings. The fourth-order valence-electron chi connectivity index (χ4n) is 2.40. The Labute approximate surface area is 158 Å². The normalized spacial score (nSPS) is 10.7. The Hall–Kier alpha value is -3.07. The summed E-state index contributed by atoms with van der Waals surface area (Å²) in [7, 11) is 0. The van der Waals surface area contributed by atoms with Crippen LogP contribution in [0.4, 0.5) is 4.79 Å². The van der Waals surface area contributed by atoms with Gasteiger partial charge in [0.2, 0.25) is 5.91 Å². The molecular weight excluding hydrogens is 370 g/mol. The first-order valence-corrected chi connectivity index (χ1v) is 9.18. The second kappa shape index (κ2) is 8.54. The quantitative estimate of drug-likeness (QED) is 0.512. The summed E-state index contributed by atoms with van der Waals surface area (Å²) in [6.45, 7) is 2.00. The Morgan fingerprint density at radius 1 is 1.26 bits per heavy atom. The van der Waals surface area contributed by atoms with Crippen molar-refractivity contribution in [2.75, 3.05) is 12.4 Å². The molecule has 1 N–H and O–H groups in total. The first kappa shape index (κ1) is 18.7. The largest absolute Gasteiger partial charge is 0.467 e. The van der Waals surface area contributed by atoms with E-state index in [0.29, 0.717) is 21.8 Å². The van der Waals surface area contributed by atoms with Crippen molar-refractivity contribution in [1.82, 2.24) is 14.9 Å². The molecule has 2 heterocycles. The number of para-hydroxylation sites is 1. The van der Waals surface area contributed by atoms with Crippen molar-refractivity contribution < 1.29 is 18.7 Å². The number of hydrogen-bond acceptors (Lipinski definition) is 7. The number of nitrogens with one attached hydrogen (secondary N) is 1. The maximum absolute atomic E-state index is 12.9. The van der Waals surface area contributed by atoms with E-state index in [4.69, 9.17) is 4.42 Å². The van der Waals surface area contributed by atoms with Gasteiger partial charge in [-0.1, -0.05) is 23.9 Å². The van der Waals surface area contributed by atoms with E-state index in [1.165, 1.54) is 10.8 Å². The van der Waals surface area contributed by atoms with Crippen molar-refractivity contribution in [3.05, 3.63) is 58.8 Å². The number of rotatable bonds is 6. The van der Waals surface area contributed by atoms with Crippen LogP contribution in [-0.2, 0) is 16.1 Å². The second-order valence-corrected chi connectivity index (χ2v) is 6.38. The van der Waals surface area contributed by atoms with Crippen LogP contribution in [0.2, 0.25) is 0 Å². The lowest BCUT2D eigenvalue weighted by Gasteiger charge is -2.12. The number of furan rings is 1. The van der Waals surface area contributed by atoms with E-state index in [1.54, 1.807) is 43.3 Å². The van der Waals surface area contributed by atoms with E-state index in [2.05, 4.69) is 15.0 Å². The maximum Gasteiger partial charge on any atom is 0.413 e. The van der Waals surface area contributed by atoms with E-state index in [9.17, 15) is 14.4 Å². The number of carbonyl (C=O) groups is 2. The molecule has 0 fully saturated rings. The van der Waals surface area contributed by atoms with Gasteiger partial charge in [0.05, 0.1) is 36.1 Å². The van der Waals surface area contributed by atoms with E-state index in [1.807, 2.05) is 0 Å². The molecule has 2 aromatic heterocycles. The number of benzene rings is 1. The third kappa shape index (κ3) is 4.56. The summed E-state index contributed by atoms with van der Waals surface area (Å²) in [5, 5.41) is 2.95. The van der Waals surface area contributed by atoms with Crippen molar-refractivity contribution in [1.29, 1.82) is 0 Å². The standard InChI is InChI=1S/C18H17N3O5S/c1-2-25-18(24)20-15(22)11-27-17-19-14-8-4-3-7-13(14)16(23)21(17)10-12-6-5-9-26-12/h3-9H,2,10-11H2,1H3,(H,20,22,24). The number of imide groups is 1. The Morgan fingerprint density at radius 3 is 2.81 bits per heavy atom. The monoisotopic (exact) mass is 387 g/mol. The highest BCUT2D eigenvalue weighted by Gasteiger charge is 2.15. The zero-order valence-electron chi connectivity index (χ0n) is 14.5. The summed E-state index contributed by atoms with van der Waals surface area (Å²) in [5.41, 5.74) is 0.303. The molecule has 27 heavy (non-hydrogen) atoms. The number of ether oxygens (including phenoxy) is 1. The van der Waals surface area contributed by atoms with Gasteiger partial charge >= 0.3 is 6.09 Å². The zero-order chi connectivity index (χ0) is 19.2. The van der Waals surface area contributed by atoms with Gasteiger partial charge in [0.15, 0.2) is 5.16 Å². The molecule has 9 heteroatoms. The minimum Gasteiger partial charge on any atom is -0.467 e. The van der Waals surface area contributed by atoms with Gasteiger partial charge in [-0.15, -0.1) is 0 Å². The minimum absolute atomic E-state index is 0.0955. The van der Waals surface area contributed by atoms with E-state index < -0.39 is 12.0 Å². The summed E-state index contributed by atoms with van der Waals surface area (Å²) in [6, 6.07) is 10.5. The molecule has 8 nitrogen and oxygen atoms in total. The molecule has 0 saturated carbocycles.